The van der Waals surface area contributed by atoms with Crippen molar-refractivity contribution in [1.29, 1.82) is 0 Å². The zero-order valence-electron chi connectivity index (χ0n) is 18.2. The summed E-state index contributed by atoms with van der Waals surface area (Å²) in [6.45, 7) is 2.39. The summed E-state index contributed by atoms with van der Waals surface area (Å²) in [5.74, 6) is -1.37. The van der Waals surface area contributed by atoms with E-state index in [4.69, 9.17) is 0 Å². The second kappa shape index (κ2) is 8.46. The van der Waals surface area contributed by atoms with Gasteiger partial charge in [-0.05, 0) is 49.2 Å². The van der Waals surface area contributed by atoms with Crippen LogP contribution in [0.25, 0.3) is 0 Å². The van der Waals surface area contributed by atoms with Crippen LogP contribution in [0.3, 0.4) is 0 Å². The van der Waals surface area contributed by atoms with Gasteiger partial charge in [-0.3, -0.25) is 19.7 Å². The van der Waals surface area contributed by atoms with Crippen molar-refractivity contribution in [2.75, 3.05) is 40.9 Å². The predicted molar refractivity (Wildman–Crippen MR) is 122 cm³/mol. The molecule has 2 aromatic carbocycles. The van der Waals surface area contributed by atoms with Gasteiger partial charge in [0.15, 0.2) is 0 Å². The molecule has 0 N–H and O–H groups in total. The first-order valence-electron chi connectivity index (χ1n) is 11.4. The molecule has 2 saturated heterocycles. The first-order valence-corrected chi connectivity index (χ1v) is 11.4. The van der Waals surface area contributed by atoms with E-state index >= 15 is 0 Å². The van der Waals surface area contributed by atoms with Gasteiger partial charge >= 0.3 is 0 Å². The molecule has 2 atom stereocenters. The summed E-state index contributed by atoms with van der Waals surface area (Å²) in [4.78, 5) is 42.5. The highest BCUT2D eigenvalue weighted by atomic mass is 19.1. The summed E-state index contributed by atoms with van der Waals surface area (Å²) >= 11 is 0. The Hall–Kier alpha value is -3.49. The Balaban J connectivity index is 1.36. The van der Waals surface area contributed by atoms with E-state index in [1.165, 1.54) is 18.2 Å². The lowest BCUT2D eigenvalue weighted by atomic mass is 9.81. The topological polar surface area (TPSA) is 87.0 Å². The van der Waals surface area contributed by atoms with Crippen LogP contribution in [0.4, 0.5) is 27.1 Å². The van der Waals surface area contributed by atoms with E-state index in [-0.39, 0.29) is 40.8 Å². The molecule has 2 aliphatic heterocycles. The number of fused-ring (bicyclic) bond motifs is 1. The number of nitro benzene ring substituents is 1. The molecule has 0 bridgehead atoms. The standard InChI is InChI=1S/C24H25FN4O4/c25-16-5-7-17(8-6-16)26-11-13-27(14-12-26)21-10-9-18(15-22(21)29(32)33)28-23(30)19-3-1-2-4-20(19)24(28)31/h5-10,15,19-20H,1-4,11-14H2. The number of hydrogen-bond donors (Lipinski definition) is 0. The van der Waals surface area contributed by atoms with E-state index in [0.29, 0.717) is 44.7 Å². The van der Waals surface area contributed by atoms with Crippen LogP contribution in [0.1, 0.15) is 25.7 Å². The number of piperazine rings is 1. The van der Waals surface area contributed by atoms with E-state index in [2.05, 4.69) is 4.90 Å². The molecule has 0 spiro atoms. The smallest absolute Gasteiger partial charge is 0.294 e. The van der Waals surface area contributed by atoms with Crippen molar-refractivity contribution < 1.29 is 18.9 Å². The molecule has 2 heterocycles. The van der Waals surface area contributed by atoms with Crippen LogP contribution in [0.15, 0.2) is 42.5 Å². The van der Waals surface area contributed by atoms with Crippen LogP contribution in [-0.2, 0) is 9.59 Å². The van der Waals surface area contributed by atoms with Gasteiger partial charge in [0.25, 0.3) is 5.69 Å². The fraction of sp³-hybridized carbons (Fsp3) is 0.417. The van der Waals surface area contributed by atoms with E-state index in [0.717, 1.165) is 23.4 Å². The van der Waals surface area contributed by atoms with Crippen molar-refractivity contribution in [3.63, 3.8) is 0 Å². The molecule has 3 aliphatic rings. The number of carbonyl (C=O) groups is 2. The third-order valence-electron chi connectivity index (χ3n) is 7.07. The van der Waals surface area contributed by atoms with Crippen molar-refractivity contribution >= 4 is 34.6 Å². The first-order chi connectivity index (χ1) is 15.9. The highest BCUT2D eigenvalue weighted by molar-refractivity contribution is 6.22. The highest BCUT2D eigenvalue weighted by Gasteiger charge is 2.49. The number of rotatable bonds is 4. The van der Waals surface area contributed by atoms with Crippen molar-refractivity contribution in [2.24, 2.45) is 11.8 Å². The Morgan fingerprint density at radius 3 is 1.94 bits per heavy atom. The molecule has 2 unspecified atom stereocenters. The normalized spacial score (nSPS) is 23.1. The minimum atomic E-state index is -0.455. The number of hydrogen-bond acceptors (Lipinski definition) is 6. The average molecular weight is 452 g/mol. The van der Waals surface area contributed by atoms with E-state index in [9.17, 15) is 24.1 Å². The second-order valence-corrected chi connectivity index (χ2v) is 8.89. The molecule has 9 heteroatoms. The third-order valence-corrected chi connectivity index (χ3v) is 7.07. The van der Waals surface area contributed by atoms with E-state index < -0.39 is 4.92 Å². The Morgan fingerprint density at radius 1 is 0.818 bits per heavy atom. The van der Waals surface area contributed by atoms with Crippen molar-refractivity contribution in [1.82, 2.24) is 0 Å². The lowest BCUT2D eigenvalue weighted by molar-refractivity contribution is -0.384. The predicted octanol–water partition coefficient (Wildman–Crippen LogP) is 3.74. The fourth-order valence-corrected chi connectivity index (χ4v) is 5.34. The summed E-state index contributed by atoms with van der Waals surface area (Å²) in [7, 11) is 0. The van der Waals surface area contributed by atoms with Crippen molar-refractivity contribution in [3.05, 3.63) is 58.4 Å². The van der Waals surface area contributed by atoms with Gasteiger partial charge in [0.05, 0.1) is 22.4 Å². The van der Waals surface area contributed by atoms with Gasteiger partial charge in [-0.2, -0.15) is 0 Å². The van der Waals surface area contributed by atoms with Crippen molar-refractivity contribution in [3.8, 4) is 0 Å². The molecule has 5 rings (SSSR count). The molecule has 2 amide bonds. The number of nitrogens with zero attached hydrogens (tertiary/aromatic N) is 4. The monoisotopic (exact) mass is 452 g/mol. The van der Waals surface area contributed by atoms with Crippen LogP contribution < -0.4 is 14.7 Å². The van der Waals surface area contributed by atoms with Crippen LogP contribution in [0, 0.1) is 27.8 Å². The maximum atomic E-state index is 13.2. The molecule has 0 radical (unpaired) electrons. The van der Waals surface area contributed by atoms with Crippen molar-refractivity contribution in [2.45, 2.75) is 25.7 Å². The summed E-state index contributed by atoms with van der Waals surface area (Å²) in [6, 6.07) is 10.9. The lowest BCUT2D eigenvalue weighted by Gasteiger charge is -2.37. The Kier molecular flexibility index (Phi) is 5.47. The van der Waals surface area contributed by atoms with Crippen LogP contribution >= 0.6 is 0 Å². The largest absolute Gasteiger partial charge is 0.368 e. The Bertz CT molecular complexity index is 1070. The third kappa shape index (κ3) is 3.81. The average Bonchev–Trinajstić information content (AvgIpc) is 3.09. The van der Waals surface area contributed by atoms with Gasteiger partial charge in [0.1, 0.15) is 11.5 Å². The number of nitro groups is 1. The quantitative estimate of drug-likeness (QED) is 0.399. The first kappa shape index (κ1) is 21.4. The van der Waals surface area contributed by atoms with Gasteiger partial charge in [-0.1, -0.05) is 12.8 Å². The minimum absolute atomic E-state index is 0.113. The van der Waals surface area contributed by atoms with Gasteiger partial charge in [-0.15, -0.1) is 0 Å². The van der Waals surface area contributed by atoms with Crippen LogP contribution in [0.5, 0.6) is 0 Å². The summed E-state index contributed by atoms with van der Waals surface area (Å²) in [5.41, 5.74) is 1.55. The van der Waals surface area contributed by atoms with Crippen LogP contribution in [0.2, 0.25) is 0 Å². The highest BCUT2D eigenvalue weighted by Crippen LogP contribution is 2.42. The maximum Gasteiger partial charge on any atom is 0.294 e. The van der Waals surface area contributed by atoms with Gasteiger partial charge < -0.3 is 9.80 Å². The van der Waals surface area contributed by atoms with Gasteiger partial charge in [0, 0.05) is 37.9 Å². The van der Waals surface area contributed by atoms with Gasteiger partial charge in [0.2, 0.25) is 11.8 Å². The Morgan fingerprint density at radius 2 is 1.36 bits per heavy atom. The lowest BCUT2D eigenvalue weighted by Crippen LogP contribution is -2.46. The second-order valence-electron chi connectivity index (χ2n) is 8.89. The molecule has 33 heavy (non-hydrogen) atoms. The fourth-order valence-electron chi connectivity index (χ4n) is 5.34. The zero-order valence-corrected chi connectivity index (χ0v) is 18.2. The molecule has 3 fully saturated rings. The molecule has 1 aliphatic carbocycles. The number of carbonyl (C=O) groups excluding carboxylic acids is 2. The molecule has 8 nitrogen and oxygen atoms in total. The summed E-state index contributed by atoms with van der Waals surface area (Å²) in [6.07, 6.45) is 3.25. The van der Waals surface area contributed by atoms with Crippen LogP contribution in [-0.4, -0.2) is 42.9 Å². The van der Waals surface area contributed by atoms with E-state index in [1.54, 1.807) is 24.3 Å². The molecule has 172 valence electrons. The van der Waals surface area contributed by atoms with Gasteiger partial charge in [-0.25, -0.2) is 9.29 Å². The maximum absolute atomic E-state index is 13.2. The zero-order chi connectivity index (χ0) is 23.1. The number of halogens is 1. The molecular weight excluding hydrogens is 427 g/mol. The SMILES string of the molecule is O=C1C2CCCCC2C(=O)N1c1ccc(N2CCN(c3ccc(F)cc3)CC2)c([N+](=O)[O-])c1. The van der Waals surface area contributed by atoms with E-state index in [1.807, 2.05) is 4.90 Å². The Labute approximate surface area is 190 Å². The summed E-state index contributed by atoms with van der Waals surface area (Å²) < 4.78 is 13.2. The minimum Gasteiger partial charge on any atom is -0.368 e. The summed E-state index contributed by atoms with van der Waals surface area (Å²) in [5, 5.41) is 11.9. The molecule has 2 aromatic rings. The number of benzene rings is 2. The molecule has 1 saturated carbocycles. The molecule has 0 aromatic heterocycles. The number of amides is 2. The molecular formula is C24H25FN4O4. The number of anilines is 3. The number of imide groups is 1.